The Morgan fingerprint density at radius 2 is 1.76 bits per heavy atom. The van der Waals surface area contributed by atoms with Crippen molar-refractivity contribution in [2.24, 2.45) is 17.8 Å². The molecule has 4 unspecified atom stereocenters. The minimum Gasteiger partial charge on any atom is -0.491 e. The van der Waals surface area contributed by atoms with Crippen molar-refractivity contribution in [1.29, 1.82) is 0 Å². The van der Waals surface area contributed by atoms with Gasteiger partial charge in [-0.3, -0.25) is 24.1 Å². The van der Waals surface area contributed by atoms with E-state index in [-0.39, 0.29) is 52.7 Å². The third kappa shape index (κ3) is 4.53. The molecule has 3 aliphatic carbocycles. The van der Waals surface area contributed by atoms with Gasteiger partial charge in [0.05, 0.1) is 28.6 Å². The molecule has 41 heavy (non-hydrogen) atoms. The summed E-state index contributed by atoms with van der Waals surface area (Å²) >= 11 is 3.23. The molecular formula is C30H25BBrNO8. The van der Waals surface area contributed by atoms with Gasteiger partial charge in [0.2, 0.25) is 11.8 Å². The van der Waals surface area contributed by atoms with Crippen molar-refractivity contribution >= 4 is 57.6 Å². The number of carbonyl (C=O) groups is 4. The molecular weight excluding hydrogens is 593 g/mol. The van der Waals surface area contributed by atoms with Crippen LogP contribution in [0.3, 0.4) is 0 Å². The number of nitrogens with zero attached hydrogens (tertiary/aromatic N) is 1. The van der Waals surface area contributed by atoms with Gasteiger partial charge in [0.1, 0.15) is 12.4 Å². The zero-order valence-electron chi connectivity index (χ0n) is 21.7. The zero-order valence-corrected chi connectivity index (χ0v) is 23.3. The normalized spacial score (nSPS) is 25.4. The first-order valence-electron chi connectivity index (χ1n) is 13.3. The average Bonchev–Trinajstić information content (AvgIpc) is 3.23. The molecule has 4 atom stereocenters. The molecule has 1 fully saturated rings. The van der Waals surface area contributed by atoms with E-state index >= 15 is 0 Å². The fourth-order valence-electron chi connectivity index (χ4n) is 6.59. The summed E-state index contributed by atoms with van der Waals surface area (Å²) in [5, 5.41) is 28.3. The predicted octanol–water partition coefficient (Wildman–Crippen LogP) is 1.70. The number of rotatable bonds is 6. The summed E-state index contributed by atoms with van der Waals surface area (Å²) in [5.74, 6) is -3.33. The number of benzene rings is 2. The van der Waals surface area contributed by atoms with Gasteiger partial charge in [0.25, 0.3) is 0 Å². The standard InChI is InChI=1S/C30H25BBrNO8/c32-23-14-24(35)27-22(28(23)36)13-21-19(25(27)15-4-6-18(7-5-15)41-11-10-34)8-9-20-26(21)30(38)33(29(20)37)17-3-1-2-16(12-17)31(39)40/h1-8,12,14,20-21,25-26,34,39-40H,9-11,13H2. The Balaban J connectivity index is 1.42. The lowest BCUT2D eigenvalue weighted by Gasteiger charge is -2.42. The highest BCUT2D eigenvalue weighted by Crippen LogP contribution is 2.55. The van der Waals surface area contributed by atoms with Crippen LogP contribution in [0.25, 0.3) is 0 Å². The Morgan fingerprint density at radius 3 is 2.46 bits per heavy atom. The maximum Gasteiger partial charge on any atom is 0.488 e. The van der Waals surface area contributed by atoms with Crippen LogP contribution >= 0.6 is 15.9 Å². The smallest absolute Gasteiger partial charge is 0.488 e. The van der Waals surface area contributed by atoms with Crippen LogP contribution in [0.1, 0.15) is 24.3 Å². The zero-order chi connectivity index (χ0) is 29.0. The summed E-state index contributed by atoms with van der Waals surface area (Å²) in [5.41, 5.74) is 2.68. The van der Waals surface area contributed by atoms with Crippen LogP contribution in [0.2, 0.25) is 0 Å². The van der Waals surface area contributed by atoms with Crippen LogP contribution in [0, 0.1) is 17.8 Å². The number of anilines is 1. The summed E-state index contributed by atoms with van der Waals surface area (Å²) in [6, 6.07) is 13.1. The maximum absolute atomic E-state index is 14.0. The number of ether oxygens (including phenoxy) is 1. The van der Waals surface area contributed by atoms with Gasteiger partial charge in [0.15, 0.2) is 11.6 Å². The Labute approximate surface area is 244 Å². The molecule has 3 N–H and O–H groups in total. The topological polar surface area (TPSA) is 141 Å². The van der Waals surface area contributed by atoms with Crippen molar-refractivity contribution in [3.8, 4) is 5.75 Å². The van der Waals surface area contributed by atoms with Gasteiger partial charge in [-0.25, -0.2) is 0 Å². The predicted molar refractivity (Wildman–Crippen MR) is 152 cm³/mol. The third-order valence-corrected chi connectivity index (χ3v) is 8.92. The van der Waals surface area contributed by atoms with E-state index < -0.39 is 36.7 Å². The molecule has 208 valence electrons. The van der Waals surface area contributed by atoms with Crippen molar-refractivity contribution in [3.63, 3.8) is 0 Å². The summed E-state index contributed by atoms with van der Waals surface area (Å²) < 4.78 is 5.65. The Bertz CT molecular complexity index is 1580. The molecule has 1 saturated heterocycles. The van der Waals surface area contributed by atoms with E-state index in [1.165, 1.54) is 18.2 Å². The molecule has 6 rings (SSSR count). The van der Waals surface area contributed by atoms with E-state index in [0.29, 0.717) is 23.3 Å². The van der Waals surface area contributed by atoms with Gasteiger partial charge >= 0.3 is 7.12 Å². The minimum atomic E-state index is -1.76. The molecule has 0 bridgehead atoms. The number of aliphatic hydroxyl groups is 1. The number of allylic oxidation sites excluding steroid dienone is 6. The number of fused-ring (bicyclic) bond motifs is 3. The molecule has 4 aliphatic rings. The first kappa shape index (κ1) is 27.5. The van der Waals surface area contributed by atoms with E-state index in [9.17, 15) is 29.2 Å². The van der Waals surface area contributed by atoms with Gasteiger partial charge in [-0.1, -0.05) is 35.9 Å². The third-order valence-electron chi connectivity index (χ3n) is 8.33. The Hall–Kier alpha value is -3.64. The number of amides is 2. The van der Waals surface area contributed by atoms with E-state index in [1.807, 2.05) is 18.2 Å². The minimum absolute atomic E-state index is 0.132. The quantitative estimate of drug-likeness (QED) is 0.193. The number of ketones is 2. The van der Waals surface area contributed by atoms with Gasteiger partial charge in [-0.05, 0) is 70.0 Å². The molecule has 11 heteroatoms. The SMILES string of the molecule is O=C1C=C(Br)C(=O)C2=C1C(c1ccc(OCCO)cc1)C1=CCC3C(=O)N(c4cccc(B(O)O)c4)C(=O)C3C1C2. The van der Waals surface area contributed by atoms with Gasteiger partial charge < -0.3 is 19.9 Å². The number of halogens is 1. The molecule has 0 saturated carbocycles. The largest absolute Gasteiger partial charge is 0.491 e. The number of Topliss-reactive ketones (excluding diaryl/α,β-unsaturated/α-hetero) is 1. The van der Waals surface area contributed by atoms with Crippen LogP contribution in [0.5, 0.6) is 5.75 Å². The summed E-state index contributed by atoms with van der Waals surface area (Å²) in [6.07, 6.45) is 3.66. The molecule has 2 amide bonds. The second-order valence-corrected chi connectivity index (χ2v) is 11.4. The number of imide groups is 1. The van der Waals surface area contributed by atoms with Crippen LogP contribution < -0.4 is 15.1 Å². The van der Waals surface area contributed by atoms with Gasteiger partial charge in [-0.2, -0.15) is 0 Å². The molecule has 9 nitrogen and oxygen atoms in total. The molecule has 0 aromatic heterocycles. The molecule has 0 spiro atoms. The second-order valence-electron chi connectivity index (χ2n) is 10.5. The van der Waals surface area contributed by atoms with Crippen molar-refractivity contribution in [3.05, 3.63) is 87.4 Å². The molecule has 1 heterocycles. The fourth-order valence-corrected chi connectivity index (χ4v) is 7.03. The van der Waals surface area contributed by atoms with Crippen molar-refractivity contribution in [2.75, 3.05) is 18.1 Å². The van der Waals surface area contributed by atoms with Crippen molar-refractivity contribution in [2.45, 2.75) is 18.8 Å². The maximum atomic E-state index is 14.0. The number of hydrogen-bond donors (Lipinski definition) is 3. The first-order valence-corrected chi connectivity index (χ1v) is 14.1. The number of carbonyl (C=O) groups excluding carboxylic acids is 4. The summed E-state index contributed by atoms with van der Waals surface area (Å²) in [6.45, 7) is -0.00277. The summed E-state index contributed by atoms with van der Waals surface area (Å²) in [7, 11) is -1.76. The monoisotopic (exact) mass is 617 g/mol. The molecule has 2 aromatic carbocycles. The molecule has 0 radical (unpaired) electrons. The second kappa shape index (κ2) is 10.6. The van der Waals surface area contributed by atoms with E-state index in [1.54, 1.807) is 24.3 Å². The Morgan fingerprint density at radius 1 is 1.00 bits per heavy atom. The number of aliphatic hydroxyl groups excluding tert-OH is 1. The lowest BCUT2D eigenvalue weighted by molar-refractivity contribution is -0.123. The van der Waals surface area contributed by atoms with Crippen molar-refractivity contribution in [1.82, 2.24) is 0 Å². The Kier molecular flexibility index (Phi) is 7.15. The van der Waals surface area contributed by atoms with E-state index in [0.717, 1.165) is 16.0 Å². The van der Waals surface area contributed by atoms with Gasteiger partial charge in [-0.15, -0.1) is 0 Å². The fraction of sp³-hybridized carbons (Fsp3) is 0.267. The first-order chi connectivity index (χ1) is 19.7. The van der Waals surface area contributed by atoms with Crippen LogP contribution in [0.4, 0.5) is 5.69 Å². The van der Waals surface area contributed by atoms with Crippen LogP contribution in [0.15, 0.2) is 81.9 Å². The van der Waals surface area contributed by atoms with E-state index in [2.05, 4.69) is 15.9 Å². The van der Waals surface area contributed by atoms with Gasteiger partial charge in [0, 0.05) is 23.1 Å². The lowest BCUT2D eigenvalue weighted by Crippen LogP contribution is -2.39. The molecule has 2 aromatic rings. The average molecular weight is 618 g/mol. The molecule has 1 aliphatic heterocycles. The van der Waals surface area contributed by atoms with Crippen LogP contribution in [-0.4, -0.2) is 58.9 Å². The van der Waals surface area contributed by atoms with Crippen molar-refractivity contribution < 1.29 is 39.1 Å². The number of hydrogen-bond acceptors (Lipinski definition) is 8. The highest BCUT2D eigenvalue weighted by Gasteiger charge is 2.56. The lowest BCUT2D eigenvalue weighted by atomic mass is 9.59. The highest BCUT2D eigenvalue weighted by atomic mass is 79.9. The summed E-state index contributed by atoms with van der Waals surface area (Å²) in [4.78, 5) is 55.4. The van der Waals surface area contributed by atoms with E-state index in [4.69, 9.17) is 9.84 Å². The van der Waals surface area contributed by atoms with Crippen LogP contribution in [-0.2, 0) is 19.2 Å². The highest BCUT2D eigenvalue weighted by molar-refractivity contribution is 9.12.